The molecule has 1 aliphatic heterocycles. The first-order valence-corrected chi connectivity index (χ1v) is 13.8. The van der Waals surface area contributed by atoms with Gasteiger partial charge in [0.25, 0.3) is 5.56 Å². The highest BCUT2D eigenvalue weighted by molar-refractivity contribution is 7.07. The standard InChI is InChI=1S/C29H32ClN3O4S/c1-7-32(8-2)22-14-11-20(23(16-22)36-6)15-24-27(34)33-26(19-9-12-21(30)13-10-19)25(28(35)37-17(3)4)18(5)31-29(33)38-24/h9-17,26H,7-8H2,1-6H3/t26-/m1/s1. The first-order valence-electron chi connectivity index (χ1n) is 12.6. The van der Waals surface area contributed by atoms with Crippen molar-refractivity contribution in [1.29, 1.82) is 0 Å². The number of benzene rings is 2. The number of ether oxygens (including phenoxy) is 2. The van der Waals surface area contributed by atoms with Gasteiger partial charge < -0.3 is 14.4 Å². The average molecular weight is 554 g/mol. The maximum absolute atomic E-state index is 13.9. The van der Waals surface area contributed by atoms with Crippen molar-refractivity contribution in [3.05, 3.63) is 89.6 Å². The molecule has 1 atom stereocenters. The SMILES string of the molecule is CCN(CC)c1ccc(C=c2sc3n(c2=O)[C@H](c2ccc(Cl)cc2)C(C(=O)OC(C)C)=C(C)N=3)c(OC)c1. The van der Waals surface area contributed by atoms with Crippen molar-refractivity contribution in [3.8, 4) is 5.75 Å². The van der Waals surface area contributed by atoms with Crippen LogP contribution in [-0.2, 0) is 9.53 Å². The molecule has 4 rings (SSSR count). The summed E-state index contributed by atoms with van der Waals surface area (Å²) >= 11 is 7.42. The Hall–Kier alpha value is -3.36. The Morgan fingerprint density at radius 2 is 1.87 bits per heavy atom. The van der Waals surface area contributed by atoms with Gasteiger partial charge in [0.2, 0.25) is 0 Å². The number of carbonyl (C=O) groups excluding carboxylic acids is 1. The highest BCUT2D eigenvalue weighted by Crippen LogP contribution is 2.32. The predicted molar refractivity (Wildman–Crippen MR) is 153 cm³/mol. The molecule has 0 saturated carbocycles. The minimum absolute atomic E-state index is 0.245. The van der Waals surface area contributed by atoms with Crippen molar-refractivity contribution >= 4 is 40.7 Å². The van der Waals surface area contributed by atoms with Crippen molar-refractivity contribution in [2.24, 2.45) is 4.99 Å². The summed E-state index contributed by atoms with van der Waals surface area (Å²) in [5, 5.41) is 0.563. The average Bonchev–Trinajstić information content (AvgIpc) is 3.18. The van der Waals surface area contributed by atoms with Crippen molar-refractivity contribution in [3.63, 3.8) is 0 Å². The van der Waals surface area contributed by atoms with Crippen LogP contribution < -0.4 is 24.5 Å². The summed E-state index contributed by atoms with van der Waals surface area (Å²) in [7, 11) is 1.62. The number of halogens is 1. The summed E-state index contributed by atoms with van der Waals surface area (Å²) in [4.78, 5) is 34.5. The Bertz CT molecular complexity index is 1550. The molecule has 0 aliphatic carbocycles. The molecule has 9 heteroatoms. The van der Waals surface area contributed by atoms with Gasteiger partial charge in [0, 0.05) is 35.4 Å². The molecular weight excluding hydrogens is 522 g/mol. The van der Waals surface area contributed by atoms with E-state index in [0.29, 0.717) is 31.4 Å². The number of aromatic nitrogens is 1. The number of fused-ring (bicyclic) bond motifs is 1. The van der Waals surface area contributed by atoms with E-state index in [4.69, 9.17) is 21.1 Å². The van der Waals surface area contributed by atoms with Gasteiger partial charge in [-0.1, -0.05) is 35.1 Å². The van der Waals surface area contributed by atoms with E-state index < -0.39 is 12.0 Å². The lowest BCUT2D eigenvalue weighted by Gasteiger charge is -2.25. The van der Waals surface area contributed by atoms with Crippen molar-refractivity contribution in [1.82, 2.24) is 4.57 Å². The molecule has 7 nitrogen and oxygen atoms in total. The van der Waals surface area contributed by atoms with E-state index in [9.17, 15) is 9.59 Å². The van der Waals surface area contributed by atoms with E-state index >= 15 is 0 Å². The van der Waals surface area contributed by atoms with E-state index in [0.717, 1.165) is 29.9 Å². The lowest BCUT2D eigenvalue weighted by molar-refractivity contribution is -0.143. The lowest BCUT2D eigenvalue weighted by atomic mass is 9.96. The summed E-state index contributed by atoms with van der Waals surface area (Å²) in [6, 6.07) is 12.4. The maximum Gasteiger partial charge on any atom is 0.338 e. The molecule has 1 aromatic heterocycles. The molecule has 1 aliphatic rings. The Kier molecular flexibility index (Phi) is 8.43. The van der Waals surface area contributed by atoms with Gasteiger partial charge >= 0.3 is 5.97 Å². The molecule has 0 unspecified atom stereocenters. The zero-order chi connectivity index (χ0) is 27.6. The molecule has 200 valence electrons. The summed E-state index contributed by atoms with van der Waals surface area (Å²) in [6.07, 6.45) is 1.50. The van der Waals surface area contributed by atoms with Gasteiger partial charge in [0.15, 0.2) is 4.80 Å². The second-order valence-corrected chi connectivity index (χ2v) is 10.6. The van der Waals surface area contributed by atoms with Crippen LogP contribution in [0.1, 0.15) is 51.8 Å². The van der Waals surface area contributed by atoms with Crippen LogP contribution in [0.3, 0.4) is 0 Å². The molecule has 0 fully saturated rings. The van der Waals surface area contributed by atoms with Gasteiger partial charge in [-0.25, -0.2) is 9.79 Å². The van der Waals surface area contributed by atoms with Gasteiger partial charge in [-0.05, 0) is 70.5 Å². The largest absolute Gasteiger partial charge is 0.496 e. The van der Waals surface area contributed by atoms with E-state index in [1.165, 1.54) is 11.3 Å². The van der Waals surface area contributed by atoms with Crippen molar-refractivity contribution in [2.45, 2.75) is 46.8 Å². The van der Waals surface area contributed by atoms with Crippen LogP contribution >= 0.6 is 22.9 Å². The van der Waals surface area contributed by atoms with Crippen molar-refractivity contribution in [2.75, 3.05) is 25.1 Å². The topological polar surface area (TPSA) is 73.1 Å². The van der Waals surface area contributed by atoms with Crippen molar-refractivity contribution < 1.29 is 14.3 Å². The quantitative estimate of drug-likeness (QED) is 0.378. The van der Waals surface area contributed by atoms with Crippen LogP contribution in [0.4, 0.5) is 5.69 Å². The fourth-order valence-electron chi connectivity index (χ4n) is 4.57. The molecule has 0 N–H and O–H groups in total. The van der Waals surface area contributed by atoms with Crippen LogP contribution in [0.15, 0.2) is 63.5 Å². The number of hydrogen-bond acceptors (Lipinski definition) is 7. The summed E-state index contributed by atoms with van der Waals surface area (Å²) in [6.45, 7) is 11.3. The number of allylic oxidation sites excluding steroid dienone is 1. The third kappa shape index (κ3) is 5.42. The molecule has 0 amide bonds. The Labute approximate surface area is 231 Å². The molecule has 3 aromatic rings. The second kappa shape index (κ2) is 11.6. The first kappa shape index (κ1) is 27.7. The highest BCUT2D eigenvalue weighted by Gasteiger charge is 2.33. The second-order valence-electron chi connectivity index (χ2n) is 9.19. The Morgan fingerprint density at radius 3 is 2.47 bits per heavy atom. The summed E-state index contributed by atoms with van der Waals surface area (Å²) in [5.74, 6) is 0.177. The molecular formula is C29H32ClN3O4S. The molecule has 0 saturated heterocycles. The number of thiazole rings is 1. The Morgan fingerprint density at radius 1 is 1.18 bits per heavy atom. The number of anilines is 1. The number of rotatable bonds is 8. The van der Waals surface area contributed by atoms with Gasteiger partial charge in [-0.2, -0.15) is 0 Å². The van der Waals surface area contributed by atoms with Gasteiger partial charge in [-0.15, -0.1) is 0 Å². The van der Waals surface area contributed by atoms with Crippen LogP contribution in [0, 0.1) is 0 Å². The van der Waals surface area contributed by atoms with Crippen LogP contribution in [-0.4, -0.2) is 36.8 Å². The summed E-state index contributed by atoms with van der Waals surface area (Å²) in [5.41, 5.74) is 3.19. The number of carbonyl (C=O) groups is 1. The fourth-order valence-corrected chi connectivity index (χ4v) is 5.73. The van der Waals surface area contributed by atoms with E-state index in [1.807, 2.05) is 36.4 Å². The number of hydrogen-bond donors (Lipinski definition) is 0. The molecule has 38 heavy (non-hydrogen) atoms. The maximum atomic E-state index is 13.9. The molecule has 2 aromatic carbocycles. The predicted octanol–water partition coefficient (Wildman–Crippen LogP) is 4.70. The number of methoxy groups -OCH3 is 1. The summed E-state index contributed by atoms with van der Waals surface area (Å²) < 4.78 is 13.3. The third-order valence-corrected chi connectivity index (χ3v) is 7.64. The van der Waals surface area contributed by atoms with Crippen LogP contribution in [0.25, 0.3) is 6.08 Å². The zero-order valence-electron chi connectivity index (χ0n) is 22.4. The molecule has 0 radical (unpaired) electrons. The normalized spacial score (nSPS) is 15.4. The number of nitrogens with zero attached hydrogens (tertiary/aromatic N) is 3. The van der Waals surface area contributed by atoms with Gasteiger partial charge in [0.05, 0.1) is 35.1 Å². The molecule has 0 bridgehead atoms. The minimum Gasteiger partial charge on any atom is -0.496 e. The van der Waals surface area contributed by atoms with Gasteiger partial charge in [0.1, 0.15) is 5.75 Å². The van der Waals surface area contributed by atoms with Crippen LogP contribution in [0.5, 0.6) is 5.75 Å². The van der Waals surface area contributed by atoms with E-state index in [2.05, 4.69) is 23.7 Å². The van der Waals surface area contributed by atoms with E-state index in [1.54, 1.807) is 44.6 Å². The smallest absolute Gasteiger partial charge is 0.338 e. The fraction of sp³-hybridized carbons (Fsp3) is 0.345. The molecule has 2 heterocycles. The lowest BCUT2D eigenvalue weighted by Crippen LogP contribution is -2.40. The zero-order valence-corrected chi connectivity index (χ0v) is 24.0. The van der Waals surface area contributed by atoms with Crippen LogP contribution in [0.2, 0.25) is 5.02 Å². The number of esters is 1. The Balaban J connectivity index is 1.90. The molecule has 0 spiro atoms. The van der Waals surface area contributed by atoms with E-state index in [-0.39, 0.29) is 11.7 Å². The monoisotopic (exact) mass is 553 g/mol. The first-order chi connectivity index (χ1) is 18.2. The highest BCUT2D eigenvalue weighted by atomic mass is 35.5. The minimum atomic E-state index is -0.691. The third-order valence-electron chi connectivity index (χ3n) is 6.40. The van der Waals surface area contributed by atoms with Gasteiger partial charge in [-0.3, -0.25) is 9.36 Å².